The monoisotopic (exact) mass is 435 g/mol. The largest absolute Gasteiger partial charge is 0.460 e. The Morgan fingerprint density at radius 1 is 1.17 bits per heavy atom. The quantitative estimate of drug-likeness (QED) is 0.474. The van der Waals surface area contributed by atoms with Crippen molar-refractivity contribution in [3.8, 4) is 0 Å². The Morgan fingerprint density at radius 3 is 2.20 bits per heavy atom. The van der Waals surface area contributed by atoms with Crippen molar-refractivity contribution in [2.24, 2.45) is 10.4 Å². The molecule has 2 rings (SSSR count). The molecule has 30 heavy (non-hydrogen) atoms. The van der Waals surface area contributed by atoms with Crippen molar-refractivity contribution in [2.75, 3.05) is 5.32 Å². The lowest BCUT2D eigenvalue weighted by atomic mass is 9.61. The molecule has 0 amide bonds. The molecule has 0 unspecified atom stereocenters. The molecule has 0 atom stereocenters. The highest BCUT2D eigenvalue weighted by Crippen LogP contribution is 2.57. The number of alkyl halides is 6. The summed E-state index contributed by atoms with van der Waals surface area (Å²) in [6, 6.07) is 2.85. The van der Waals surface area contributed by atoms with Gasteiger partial charge in [-0.3, -0.25) is 0 Å². The molecule has 1 radical (unpaired) electrons. The van der Waals surface area contributed by atoms with Crippen LogP contribution in [-0.4, -0.2) is 37.2 Å². The summed E-state index contributed by atoms with van der Waals surface area (Å²) in [6.07, 6.45) is -11.4. The molecule has 1 aromatic rings. The van der Waals surface area contributed by atoms with Gasteiger partial charge in [0.05, 0.1) is 5.69 Å². The van der Waals surface area contributed by atoms with Crippen molar-refractivity contribution < 1.29 is 35.9 Å². The number of hydrogen-bond donors (Lipinski definition) is 1. The van der Waals surface area contributed by atoms with Crippen LogP contribution in [0.2, 0.25) is 0 Å². The zero-order chi connectivity index (χ0) is 23.1. The van der Waals surface area contributed by atoms with E-state index < -0.39 is 46.1 Å². The maximum absolute atomic E-state index is 14.0. The van der Waals surface area contributed by atoms with Crippen molar-refractivity contribution in [3.05, 3.63) is 23.8 Å². The van der Waals surface area contributed by atoms with Crippen LogP contribution in [0.4, 0.5) is 37.7 Å². The highest BCUT2D eigenvalue weighted by Gasteiger charge is 2.76. The number of fused-ring (bicyclic) bond motifs is 1. The molecule has 0 saturated heterocycles. The van der Waals surface area contributed by atoms with Crippen molar-refractivity contribution >= 4 is 30.1 Å². The van der Waals surface area contributed by atoms with Crippen molar-refractivity contribution in [1.82, 2.24) is 0 Å². The normalized spacial score (nSPS) is 16.5. The Kier molecular flexibility index (Phi) is 6.27. The molecule has 1 aromatic carbocycles. The highest BCUT2D eigenvalue weighted by atomic mass is 19.4. The third-order valence-corrected chi connectivity index (χ3v) is 4.92. The van der Waals surface area contributed by atoms with Crippen molar-refractivity contribution in [2.45, 2.75) is 65.0 Å². The molecule has 4 nitrogen and oxygen atoms in total. The van der Waals surface area contributed by atoms with Crippen LogP contribution in [0, 0.1) is 5.41 Å². The highest BCUT2D eigenvalue weighted by molar-refractivity contribution is 6.97. The van der Waals surface area contributed by atoms with Gasteiger partial charge in [0, 0.05) is 22.7 Å². The number of ether oxygens (including phenoxy) is 1. The summed E-state index contributed by atoms with van der Waals surface area (Å²) < 4.78 is 88.2. The summed E-state index contributed by atoms with van der Waals surface area (Å²) in [6.45, 7) is 8.08. The Balaban J connectivity index is 2.69. The molecular weight excluding hydrogens is 413 g/mol. The summed E-state index contributed by atoms with van der Waals surface area (Å²) >= 11 is 0. The number of benzene rings is 1. The van der Waals surface area contributed by atoms with E-state index in [4.69, 9.17) is 0 Å². The van der Waals surface area contributed by atoms with Crippen LogP contribution in [-0.2, 0) is 15.1 Å². The number of hydrogen-bond acceptors (Lipinski definition) is 4. The van der Waals surface area contributed by atoms with Gasteiger partial charge in [-0.1, -0.05) is 20.8 Å². The number of rotatable bonds is 6. The van der Waals surface area contributed by atoms with Gasteiger partial charge in [0.25, 0.3) is 0 Å². The van der Waals surface area contributed by atoms with Crippen LogP contribution >= 0.6 is 0 Å². The second kappa shape index (κ2) is 7.81. The van der Waals surface area contributed by atoms with E-state index in [1.54, 1.807) is 20.8 Å². The molecule has 1 aliphatic heterocycles. The third-order valence-electron chi connectivity index (χ3n) is 4.92. The van der Waals surface area contributed by atoms with E-state index in [0.717, 1.165) is 12.1 Å². The molecule has 1 aliphatic rings. The van der Waals surface area contributed by atoms with Gasteiger partial charge in [-0.15, -0.1) is 0 Å². The van der Waals surface area contributed by atoms with Crippen LogP contribution in [0.1, 0.15) is 46.6 Å². The summed E-state index contributed by atoms with van der Waals surface area (Å²) in [5.74, 6) is -1.03. The van der Waals surface area contributed by atoms with Crippen LogP contribution in [0.25, 0.3) is 0 Å². The minimum atomic E-state index is -5.87. The molecule has 0 bridgehead atoms. The van der Waals surface area contributed by atoms with E-state index in [1.807, 2.05) is 0 Å². The number of nitrogens with one attached hydrogen (secondary N) is 1. The Morgan fingerprint density at radius 2 is 1.73 bits per heavy atom. The van der Waals surface area contributed by atoms with E-state index >= 15 is 0 Å². The summed E-state index contributed by atoms with van der Waals surface area (Å²) in [5.41, 5.74) is -8.06. The van der Waals surface area contributed by atoms with Gasteiger partial charge in [0.1, 0.15) is 11.5 Å². The van der Waals surface area contributed by atoms with Gasteiger partial charge < -0.3 is 14.8 Å². The average molecular weight is 435 g/mol. The molecule has 0 spiro atoms. The number of nitrogens with zero attached hydrogens (tertiary/aromatic N) is 1. The zero-order valence-electron chi connectivity index (χ0n) is 17.1. The lowest BCUT2D eigenvalue weighted by molar-refractivity contribution is -0.369. The molecule has 1 heterocycles. The topological polar surface area (TPSA) is 50.7 Å². The third kappa shape index (κ3) is 4.29. The lowest BCUT2D eigenvalue weighted by Crippen LogP contribution is -2.59. The zero-order valence-corrected chi connectivity index (χ0v) is 17.1. The first kappa shape index (κ1) is 24.1. The van der Waals surface area contributed by atoms with Crippen LogP contribution in [0.15, 0.2) is 23.2 Å². The van der Waals surface area contributed by atoms with Gasteiger partial charge >= 0.3 is 25.2 Å². The molecule has 0 aliphatic carbocycles. The Labute approximate surface area is 171 Å². The second-order valence-electron chi connectivity index (χ2n) is 8.01. The predicted octanol–water partition coefficient (Wildman–Crippen LogP) is 5.51. The smallest absolute Gasteiger partial charge is 0.442 e. The van der Waals surface area contributed by atoms with Crippen molar-refractivity contribution in [3.63, 3.8) is 0 Å². The Bertz CT molecular complexity index is 832. The fourth-order valence-electron chi connectivity index (χ4n) is 2.82. The molecule has 0 fully saturated rings. The number of carbonyl (C=O) groups excluding carboxylic acids is 1. The number of aliphatic imine (C=N–C) groups is 1. The van der Waals surface area contributed by atoms with Crippen LogP contribution in [0.3, 0.4) is 0 Å². The first-order valence-corrected chi connectivity index (χ1v) is 9.26. The van der Waals surface area contributed by atoms with Crippen LogP contribution in [0.5, 0.6) is 0 Å². The second-order valence-corrected chi connectivity index (χ2v) is 8.01. The lowest BCUT2D eigenvalue weighted by Gasteiger charge is -2.41. The maximum Gasteiger partial charge on any atom is 0.442 e. The molecule has 11 heteroatoms. The molecule has 0 aromatic heterocycles. The number of anilines is 1. The molecule has 165 valence electrons. The van der Waals surface area contributed by atoms with Crippen LogP contribution < -0.4 is 5.32 Å². The first-order chi connectivity index (χ1) is 13.5. The minimum absolute atomic E-state index is 0.0519. The number of carbonyl (C=O) groups is 1. The van der Waals surface area contributed by atoms with Gasteiger partial charge in [-0.05, 0) is 38.5 Å². The summed E-state index contributed by atoms with van der Waals surface area (Å²) in [7, 11) is 0.596. The summed E-state index contributed by atoms with van der Waals surface area (Å²) in [4.78, 5) is 16.1. The SMILES string of the molecule is CCC(C)(C)C(=O)[B]C1=Nc2ccc(NC(C)C)cc2C(C(F)(F)F)(C(F)(F)F)O1. The van der Waals surface area contributed by atoms with Gasteiger partial charge in [-0.25, -0.2) is 4.99 Å². The summed E-state index contributed by atoms with van der Waals surface area (Å²) in [5, 5.41) is 2.77. The average Bonchev–Trinajstić information content (AvgIpc) is 2.58. The van der Waals surface area contributed by atoms with Gasteiger partial charge in [-0.2, -0.15) is 26.3 Å². The van der Waals surface area contributed by atoms with Gasteiger partial charge in [0.15, 0.2) is 0 Å². The minimum Gasteiger partial charge on any atom is -0.460 e. The molecular formula is C19H22BF6N2O2. The predicted molar refractivity (Wildman–Crippen MR) is 102 cm³/mol. The number of halogens is 6. The first-order valence-electron chi connectivity index (χ1n) is 9.26. The molecule has 1 N–H and O–H groups in total. The van der Waals surface area contributed by atoms with E-state index in [1.165, 1.54) is 19.9 Å². The van der Waals surface area contributed by atoms with Gasteiger partial charge in [0.2, 0.25) is 0 Å². The fraction of sp³-hybridized carbons (Fsp3) is 0.579. The van der Waals surface area contributed by atoms with E-state index in [-0.39, 0.29) is 11.7 Å². The van der Waals surface area contributed by atoms with E-state index in [0.29, 0.717) is 13.7 Å². The van der Waals surface area contributed by atoms with E-state index in [2.05, 4.69) is 15.0 Å². The Hall–Kier alpha value is -2.20. The van der Waals surface area contributed by atoms with Crippen molar-refractivity contribution in [1.29, 1.82) is 0 Å². The van der Waals surface area contributed by atoms with E-state index in [9.17, 15) is 31.1 Å². The fourth-order valence-corrected chi connectivity index (χ4v) is 2.82. The molecule has 0 saturated carbocycles. The maximum atomic E-state index is 14.0. The standard InChI is InChI=1S/C19H22BF6N2O2/c1-6-16(4,5)14(29)20-15-28-13-8-7-11(27-10(2)3)9-12(13)17(30-15,18(21,22)23)19(24,25)26/h7-10,27H,6H2,1-5H3.